The van der Waals surface area contributed by atoms with E-state index in [0.29, 0.717) is 5.92 Å². The Morgan fingerprint density at radius 1 is 1.46 bits per heavy atom. The van der Waals surface area contributed by atoms with Gasteiger partial charge in [-0.05, 0) is 12.8 Å². The number of hydrogen-bond donors (Lipinski definition) is 0. The van der Waals surface area contributed by atoms with Gasteiger partial charge in [0, 0.05) is 6.07 Å². The zero-order chi connectivity index (χ0) is 9.47. The van der Waals surface area contributed by atoms with Gasteiger partial charge in [0.1, 0.15) is 5.76 Å². The van der Waals surface area contributed by atoms with Crippen molar-refractivity contribution in [2.45, 2.75) is 32.1 Å². The predicted octanol–water partition coefficient (Wildman–Crippen LogP) is 2.09. The molecule has 0 unspecified atom stereocenters. The quantitative estimate of drug-likeness (QED) is 0.700. The molecule has 0 atom stereocenters. The molecule has 0 radical (unpaired) electrons. The van der Waals surface area contributed by atoms with Crippen LogP contribution in [0.3, 0.4) is 0 Å². The zero-order valence-electron chi connectivity index (χ0n) is 8.33. The number of hydrogen-bond acceptors (Lipinski definition) is 3. The molecule has 1 fully saturated rings. The van der Waals surface area contributed by atoms with Gasteiger partial charge in [0.15, 0.2) is 0 Å². The van der Waals surface area contributed by atoms with Gasteiger partial charge in [-0.15, -0.1) is 0 Å². The number of aromatic nitrogens is 1. The number of ether oxygens (including phenoxy) is 1. The molecular formula is C10H15NO2. The molecule has 1 saturated heterocycles. The first-order valence-electron chi connectivity index (χ1n) is 4.67. The minimum absolute atomic E-state index is 0.0696. The molecule has 1 aliphatic heterocycles. The van der Waals surface area contributed by atoms with Crippen LogP contribution in [0.25, 0.3) is 0 Å². The Labute approximate surface area is 78.1 Å². The summed E-state index contributed by atoms with van der Waals surface area (Å²) in [6.45, 7) is 7.86. The predicted molar refractivity (Wildman–Crippen MR) is 48.8 cm³/mol. The molecule has 72 valence electrons. The monoisotopic (exact) mass is 181 g/mol. The minimum atomic E-state index is 0.0696. The van der Waals surface area contributed by atoms with Gasteiger partial charge in [-0.1, -0.05) is 19.0 Å². The van der Waals surface area contributed by atoms with Crippen molar-refractivity contribution in [1.82, 2.24) is 5.16 Å². The largest absolute Gasteiger partial charge is 0.379 e. The van der Waals surface area contributed by atoms with Crippen LogP contribution in [0.15, 0.2) is 10.6 Å². The second-order valence-electron chi connectivity index (χ2n) is 4.32. The normalized spacial score (nSPS) is 20.3. The molecule has 0 amide bonds. The summed E-state index contributed by atoms with van der Waals surface area (Å²) in [5.74, 6) is 1.39. The van der Waals surface area contributed by atoms with E-state index in [-0.39, 0.29) is 5.41 Å². The van der Waals surface area contributed by atoms with E-state index in [1.165, 1.54) is 0 Å². The van der Waals surface area contributed by atoms with Crippen molar-refractivity contribution >= 4 is 0 Å². The second-order valence-corrected chi connectivity index (χ2v) is 4.32. The number of nitrogens with zero attached hydrogens (tertiary/aromatic N) is 1. The van der Waals surface area contributed by atoms with Crippen LogP contribution in [-0.4, -0.2) is 18.4 Å². The lowest BCUT2D eigenvalue weighted by Gasteiger charge is -2.35. The highest BCUT2D eigenvalue weighted by Gasteiger charge is 2.39. The molecule has 1 aromatic heterocycles. The van der Waals surface area contributed by atoms with Gasteiger partial charge >= 0.3 is 0 Å². The molecule has 0 spiro atoms. The smallest absolute Gasteiger partial charge is 0.147 e. The Morgan fingerprint density at radius 3 is 2.54 bits per heavy atom. The summed E-state index contributed by atoms with van der Waals surface area (Å²) in [5.41, 5.74) is 1.10. The summed E-state index contributed by atoms with van der Waals surface area (Å²) in [6, 6.07) is 2.05. The van der Waals surface area contributed by atoms with Crippen molar-refractivity contribution in [3.05, 3.63) is 17.5 Å². The molecule has 3 nitrogen and oxygen atoms in total. The highest BCUT2D eigenvalue weighted by molar-refractivity contribution is 5.19. The highest BCUT2D eigenvalue weighted by Crippen LogP contribution is 2.32. The maximum absolute atomic E-state index is 5.30. The van der Waals surface area contributed by atoms with E-state index in [4.69, 9.17) is 9.26 Å². The lowest BCUT2D eigenvalue weighted by atomic mass is 9.85. The van der Waals surface area contributed by atoms with E-state index in [1.54, 1.807) is 0 Å². The second kappa shape index (κ2) is 2.84. The molecule has 13 heavy (non-hydrogen) atoms. The molecule has 1 aliphatic rings. The SMILES string of the molecule is CC(C)c1cc(C2(C)COC2)on1. The minimum Gasteiger partial charge on any atom is -0.379 e. The Hall–Kier alpha value is -0.830. The molecular weight excluding hydrogens is 166 g/mol. The summed E-state index contributed by atoms with van der Waals surface area (Å²) in [5, 5.41) is 4.03. The van der Waals surface area contributed by atoms with E-state index in [9.17, 15) is 0 Å². The molecule has 0 saturated carbocycles. The molecule has 0 N–H and O–H groups in total. The van der Waals surface area contributed by atoms with Crippen molar-refractivity contribution in [1.29, 1.82) is 0 Å². The van der Waals surface area contributed by atoms with Gasteiger partial charge in [-0.25, -0.2) is 0 Å². The Bertz CT molecular complexity index is 300. The zero-order valence-corrected chi connectivity index (χ0v) is 8.33. The molecule has 2 rings (SSSR count). The molecule has 1 aromatic rings. The fourth-order valence-electron chi connectivity index (χ4n) is 1.40. The van der Waals surface area contributed by atoms with Gasteiger partial charge in [0.2, 0.25) is 0 Å². The van der Waals surface area contributed by atoms with Crippen molar-refractivity contribution < 1.29 is 9.26 Å². The molecule has 0 aromatic carbocycles. The third-order valence-corrected chi connectivity index (χ3v) is 2.56. The van der Waals surface area contributed by atoms with Crippen LogP contribution in [0.1, 0.15) is 38.1 Å². The average molecular weight is 181 g/mol. The van der Waals surface area contributed by atoms with E-state index in [1.807, 2.05) is 6.07 Å². The molecule has 0 bridgehead atoms. The van der Waals surface area contributed by atoms with Crippen LogP contribution >= 0.6 is 0 Å². The van der Waals surface area contributed by atoms with E-state index < -0.39 is 0 Å². The fraction of sp³-hybridized carbons (Fsp3) is 0.700. The molecule has 3 heteroatoms. The summed E-state index contributed by atoms with van der Waals surface area (Å²) < 4.78 is 10.5. The van der Waals surface area contributed by atoms with E-state index in [0.717, 1.165) is 24.7 Å². The maximum Gasteiger partial charge on any atom is 0.147 e. The standard InChI is InChI=1S/C10H15NO2/c1-7(2)8-4-9(13-11-8)10(3)5-12-6-10/h4,7H,5-6H2,1-3H3. The van der Waals surface area contributed by atoms with Crippen LogP contribution in [0.4, 0.5) is 0 Å². The first-order valence-corrected chi connectivity index (χ1v) is 4.67. The molecule has 2 heterocycles. The van der Waals surface area contributed by atoms with Crippen molar-refractivity contribution in [2.24, 2.45) is 0 Å². The first kappa shape index (κ1) is 8.75. The Balaban J connectivity index is 2.22. The van der Waals surface area contributed by atoms with E-state index in [2.05, 4.69) is 25.9 Å². The fourth-order valence-corrected chi connectivity index (χ4v) is 1.40. The maximum atomic E-state index is 5.30. The molecule has 0 aliphatic carbocycles. The van der Waals surface area contributed by atoms with Crippen LogP contribution in [0.5, 0.6) is 0 Å². The van der Waals surface area contributed by atoms with Gasteiger partial charge in [0.25, 0.3) is 0 Å². The van der Waals surface area contributed by atoms with E-state index >= 15 is 0 Å². The average Bonchev–Trinajstić information content (AvgIpc) is 2.48. The third-order valence-electron chi connectivity index (χ3n) is 2.56. The van der Waals surface area contributed by atoms with Crippen LogP contribution in [0, 0.1) is 0 Å². The van der Waals surface area contributed by atoms with Crippen LogP contribution in [-0.2, 0) is 10.2 Å². The summed E-state index contributed by atoms with van der Waals surface area (Å²) in [4.78, 5) is 0. The van der Waals surface area contributed by atoms with Gasteiger partial charge < -0.3 is 9.26 Å². The van der Waals surface area contributed by atoms with Gasteiger partial charge in [-0.2, -0.15) is 0 Å². The van der Waals surface area contributed by atoms with Crippen molar-refractivity contribution in [3.63, 3.8) is 0 Å². The Morgan fingerprint density at radius 2 is 2.15 bits per heavy atom. The van der Waals surface area contributed by atoms with Crippen molar-refractivity contribution in [2.75, 3.05) is 13.2 Å². The highest BCUT2D eigenvalue weighted by atomic mass is 16.5. The van der Waals surface area contributed by atoms with Crippen molar-refractivity contribution in [3.8, 4) is 0 Å². The summed E-state index contributed by atoms with van der Waals surface area (Å²) in [6.07, 6.45) is 0. The number of rotatable bonds is 2. The summed E-state index contributed by atoms with van der Waals surface area (Å²) in [7, 11) is 0. The van der Waals surface area contributed by atoms with Gasteiger partial charge in [0.05, 0.1) is 24.3 Å². The van der Waals surface area contributed by atoms with Crippen LogP contribution < -0.4 is 0 Å². The topological polar surface area (TPSA) is 35.3 Å². The Kier molecular flexibility index (Phi) is 1.91. The lowest BCUT2D eigenvalue weighted by molar-refractivity contribution is -0.0619. The first-order chi connectivity index (χ1) is 6.12. The van der Waals surface area contributed by atoms with Gasteiger partial charge in [-0.3, -0.25) is 0 Å². The summed E-state index contributed by atoms with van der Waals surface area (Å²) >= 11 is 0. The third kappa shape index (κ3) is 1.37. The van der Waals surface area contributed by atoms with Crippen LogP contribution in [0.2, 0.25) is 0 Å². The lowest BCUT2D eigenvalue weighted by Crippen LogP contribution is -2.43.